The maximum absolute atomic E-state index is 15.3. The lowest BCUT2D eigenvalue weighted by molar-refractivity contribution is -0.133. The molecule has 3 heterocycles. The second-order valence-electron chi connectivity index (χ2n) is 8.76. The molecule has 3 aromatic rings. The van der Waals surface area contributed by atoms with E-state index in [4.69, 9.17) is 0 Å². The van der Waals surface area contributed by atoms with Gasteiger partial charge in [0.2, 0.25) is 0 Å². The van der Waals surface area contributed by atoms with E-state index in [-0.39, 0.29) is 25.0 Å². The van der Waals surface area contributed by atoms with Gasteiger partial charge in [-0.3, -0.25) is 9.78 Å². The number of rotatable bonds is 6. The van der Waals surface area contributed by atoms with Gasteiger partial charge in [0.1, 0.15) is 6.33 Å². The van der Waals surface area contributed by atoms with Crippen LogP contribution in [-0.2, 0) is 18.3 Å². The van der Waals surface area contributed by atoms with Gasteiger partial charge in [-0.25, -0.2) is 4.39 Å². The van der Waals surface area contributed by atoms with Crippen molar-refractivity contribution < 1.29 is 9.18 Å². The molecule has 0 amide bonds. The van der Waals surface area contributed by atoms with Gasteiger partial charge in [0.05, 0.1) is 6.42 Å². The fourth-order valence-corrected chi connectivity index (χ4v) is 4.18. The van der Waals surface area contributed by atoms with E-state index in [9.17, 15) is 4.79 Å². The number of piperidine rings is 1. The molecule has 7 heteroatoms. The van der Waals surface area contributed by atoms with E-state index in [1.807, 2.05) is 35.9 Å². The maximum Gasteiger partial charge on any atom is 0.175 e. The zero-order valence-corrected chi connectivity index (χ0v) is 17.8. The molecule has 1 aliphatic heterocycles. The highest BCUT2D eigenvalue weighted by molar-refractivity contribution is 5.91. The first-order valence-corrected chi connectivity index (χ1v) is 10.5. The normalized spacial score (nSPS) is 17.0. The number of hydrogen-bond acceptors (Lipinski definition) is 5. The summed E-state index contributed by atoms with van der Waals surface area (Å²) in [6.45, 7) is 6.52. The van der Waals surface area contributed by atoms with Crippen LogP contribution in [0.1, 0.15) is 32.4 Å². The smallest absolute Gasteiger partial charge is 0.175 e. The average molecular weight is 410 g/mol. The number of carbonyl (C=O) groups is 1. The number of carbonyl (C=O) groups excluding carboxylic acids is 1. The second-order valence-corrected chi connectivity index (χ2v) is 8.76. The molecule has 1 aromatic carbocycles. The Morgan fingerprint density at radius 2 is 1.97 bits per heavy atom. The number of benzene rings is 1. The highest BCUT2D eigenvalue weighted by atomic mass is 19.1. The van der Waals surface area contributed by atoms with Crippen molar-refractivity contribution in [3.05, 3.63) is 42.5 Å². The lowest BCUT2D eigenvalue weighted by Gasteiger charge is -2.36. The Morgan fingerprint density at radius 3 is 2.63 bits per heavy atom. The summed E-state index contributed by atoms with van der Waals surface area (Å²) in [7, 11) is 1.89. The Hall–Kier alpha value is -2.67. The summed E-state index contributed by atoms with van der Waals surface area (Å²) < 4.78 is 17.2. The monoisotopic (exact) mass is 409 g/mol. The molecule has 0 radical (unpaired) electrons. The fourth-order valence-electron chi connectivity index (χ4n) is 4.18. The molecule has 0 atom stereocenters. The van der Waals surface area contributed by atoms with Crippen LogP contribution >= 0.6 is 0 Å². The summed E-state index contributed by atoms with van der Waals surface area (Å²) in [6.07, 6.45) is 3.95. The SMILES string of the molecule is CC(C)CN1CCC(F)(C(=O)Cc2cc3cc(-c4nncn4C)ccc3cn2)CC1. The summed E-state index contributed by atoms with van der Waals surface area (Å²) in [6, 6.07) is 7.83. The first-order valence-electron chi connectivity index (χ1n) is 10.5. The summed E-state index contributed by atoms with van der Waals surface area (Å²) in [5.74, 6) is 0.950. The number of nitrogens with zero attached hydrogens (tertiary/aromatic N) is 5. The van der Waals surface area contributed by atoms with Crippen LogP contribution < -0.4 is 0 Å². The number of halogens is 1. The van der Waals surface area contributed by atoms with Gasteiger partial charge in [0, 0.05) is 62.4 Å². The maximum atomic E-state index is 15.3. The molecule has 158 valence electrons. The minimum Gasteiger partial charge on any atom is -0.317 e. The predicted octanol–water partition coefficient (Wildman–Crippen LogP) is 3.60. The topological polar surface area (TPSA) is 63.9 Å². The molecule has 0 saturated carbocycles. The van der Waals surface area contributed by atoms with E-state index in [1.165, 1.54) is 0 Å². The molecule has 0 N–H and O–H groups in total. The van der Waals surface area contributed by atoms with E-state index in [0.717, 1.165) is 28.7 Å². The van der Waals surface area contributed by atoms with Gasteiger partial charge in [-0.05, 0) is 23.4 Å². The van der Waals surface area contributed by atoms with Crippen molar-refractivity contribution in [3.63, 3.8) is 0 Å². The number of hydrogen-bond donors (Lipinski definition) is 0. The van der Waals surface area contributed by atoms with E-state index < -0.39 is 5.67 Å². The van der Waals surface area contributed by atoms with Crippen molar-refractivity contribution in [2.45, 2.75) is 38.8 Å². The molecule has 4 rings (SSSR count). The van der Waals surface area contributed by atoms with Gasteiger partial charge in [-0.2, -0.15) is 0 Å². The van der Waals surface area contributed by atoms with Gasteiger partial charge in [0.15, 0.2) is 17.3 Å². The van der Waals surface area contributed by atoms with Gasteiger partial charge in [-0.1, -0.05) is 26.0 Å². The minimum atomic E-state index is -1.75. The molecule has 30 heavy (non-hydrogen) atoms. The van der Waals surface area contributed by atoms with Gasteiger partial charge >= 0.3 is 0 Å². The third-order valence-corrected chi connectivity index (χ3v) is 5.86. The zero-order valence-electron chi connectivity index (χ0n) is 17.8. The molecule has 0 spiro atoms. The molecule has 2 aromatic heterocycles. The number of aromatic nitrogens is 4. The van der Waals surface area contributed by atoms with Crippen LogP contribution in [0.3, 0.4) is 0 Å². The number of pyridine rings is 1. The Labute approximate surface area is 176 Å². The van der Waals surface area contributed by atoms with Crippen molar-refractivity contribution in [1.29, 1.82) is 0 Å². The molecule has 6 nitrogen and oxygen atoms in total. The highest BCUT2D eigenvalue weighted by Crippen LogP contribution is 2.30. The van der Waals surface area contributed by atoms with Crippen LogP contribution in [0.4, 0.5) is 4.39 Å². The van der Waals surface area contributed by atoms with Crippen molar-refractivity contribution in [2.75, 3.05) is 19.6 Å². The van der Waals surface area contributed by atoms with Crippen LogP contribution in [0.25, 0.3) is 22.2 Å². The molecule has 0 aliphatic carbocycles. The third kappa shape index (κ3) is 4.26. The lowest BCUT2D eigenvalue weighted by Crippen LogP contribution is -2.47. The standard InChI is InChI=1S/C23H28FN5O/c1-16(2)14-29-8-6-23(24,7-9-29)21(30)12-20-11-19-10-17(4-5-18(19)13-25-20)22-27-26-15-28(22)3/h4-5,10-11,13,15-16H,6-9,12,14H2,1-3H3. The molecular weight excluding hydrogens is 381 g/mol. The highest BCUT2D eigenvalue weighted by Gasteiger charge is 2.41. The number of aryl methyl sites for hydroxylation is 1. The Kier molecular flexibility index (Phi) is 5.64. The van der Waals surface area contributed by atoms with Crippen molar-refractivity contribution in [3.8, 4) is 11.4 Å². The average Bonchev–Trinajstić information content (AvgIpc) is 3.15. The number of likely N-dealkylation sites (tertiary alicyclic amines) is 1. The van der Waals surface area contributed by atoms with Gasteiger partial charge in [0.25, 0.3) is 0 Å². The predicted molar refractivity (Wildman–Crippen MR) is 115 cm³/mol. The van der Waals surface area contributed by atoms with Crippen LogP contribution in [0.15, 0.2) is 36.8 Å². The Bertz CT molecular complexity index is 1050. The zero-order chi connectivity index (χ0) is 21.3. The summed E-state index contributed by atoms with van der Waals surface area (Å²) >= 11 is 0. The van der Waals surface area contributed by atoms with Crippen LogP contribution in [0.5, 0.6) is 0 Å². The molecule has 1 saturated heterocycles. The van der Waals surface area contributed by atoms with Crippen LogP contribution in [0.2, 0.25) is 0 Å². The second kappa shape index (κ2) is 8.22. The number of Topliss-reactive ketones (excluding diaryl/α,β-unsaturated/α-hetero) is 1. The summed E-state index contributed by atoms with van der Waals surface area (Å²) in [4.78, 5) is 19.5. The number of ketones is 1. The first-order chi connectivity index (χ1) is 14.3. The number of alkyl halides is 1. The van der Waals surface area contributed by atoms with E-state index >= 15 is 4.39 Å². The van der Waals surface area contributed by atoms with E-state index in [2.05, 4.69) is 33.9 Å². The minimum absolute atomic E-state index is 0.0187. The third-order valence-electron chi connectivity index (χ3n) is 5.86. The van der Waals surface area contributed by atoms with Gasteiger partial charge in [-0.15, -0.1) is 10.2 Å². The fraction of sp³-hybridized carbons (Fsp3) is 0.478. The number of fused-ring (bicyclic) bond motifs is 1. The summed E-state index contributed by atoms with van der Waals surface area (Å²) in [5.41, 5.74) is -0.209. The van der Waals surface area contributed by atoms with E-state index in [0.29, 0.717) is 24.7 Å². The Morgan fingerprint density at radius 1 is 1.20 bits per heavy atom. The van der Waals surface area contributed by atoms with Gasteiger partial charge < -0.3 is 9.47 Å². The Balaban J connectivity index is 1.49. The van der Waals surface area contributed by atoms with Crippen molar-refractivity contribution >= 4 is 16.6 Å². The molecular formula is C23H28FN5O. The van der Waals surface area contributed by atoms with E-state index in [1.54, 1.807) is 12.5 Å². The lowest BCUT2D eigenvalue weighted by atomic mass is 9.86. The summed E-state index contributed by atoms with van der Waals surface area (Å²) in [5, 5.41) is 9.99. The quantitative estimate of drug-likeness (QED) is 0.622. The molecule has 1 fully saturated rings. The first kappa shape index (κ1) is 20.6. The molecule has 0 unspecified atom stereocenters. The van der Waals surface area contributed by atoms with Crippen LogP contribution in [0, 0.1) is 5.92 Å². The molecule has 0 bridgehead atoms. The molecule has 1 aliphatic rings. The van der Waals surface area contributed by atoms with Crippen molar-refractivity contribution in [2.24, 2.45) is 13.0 Å². The van der Waals surface area contributed by atoms with Crippen molar-refractivity contribution in [1.82, 2.24) is 24.6 Å². The largest absolute Gasteiger partial charge is 0.317 e. The van der Waals surface area contributed by atoms with Crippen LogP contribution in [-0.4, -0.2) is 55.7 Å².